The van der Waals surface area contributed by atoms with Gasteiger partial charge in [0, 0.05) is 64.6 Å². The summed E-state index contributed by atoms with van der Waals surface area (Å²) in [6.45, 7) is 8.63. The Balaban J connectivity index is 1.46. The summed E-state index contributed by atoms with van der Waals surface area (Å²) < 4.78 is 11.1. The molecule has 0 aromatic rings. The molecule has 5 heteroatoms. The number of hydrogen-bond donors (Lipinski definition) is 0. The van der Waals surface area contributed by atoms with Crippen LogP contribution < -0.4 is 0 Å². The van der Waals surface area contributed by atoms with Crippen molar-refractivity contribution in [2.75, 3.05) is 59.2 Å². The van der Waals surface area contributed by atoms with Gasteiger partial charge in [-0.15, -0.1) is 0 Å². The summed E-state index contributed by atoms with van der Waals surface area (Å²) in [5.41, 5.74) is 0.170. The zero-order valence-corrected chi connectivity index (χ0v) is 14.9. The predicted octanol–water partition coefficient (Wildman–Crippen LogP) is 1.76. The van der Waals surface area contributed by atoms with Gasteiger partial charge < -0.3 is 19.3 Å². The normalized spacial score (nSPS) is 31.8. The molecule has 136 valence electrons. The molecule has 0 radical (unpaired) electrons. The Hall–Kier alpha value is -0.650. The highest BCUT2D eigenvalue weighted by atomic mass is 16.5. The second kappa shape index (κ2) is 7.30. The van der Waals surface area contributed by atoms with E-state index < -0.39 is 0 Å². The molecule has 0 aliphatic carbocycles. The molecular weight excluding hydrogens is 304 g/mol. The molecule has 4 saturated heterocycles. The Labute approximate surface area is 145 Å². The maximum absolute atomic E-state index is 13.2. The Morgan fingerprint density at radius 1 is 1.00 bits per heavy atom. The highest BCUT2D eigenvalue weighted by Gasteiger charge is 2.51. The van der Waals surface area contributed by atoms with Crippen LogP contribution in [0.5, 0.6) is 0 Å². The smallest absolute Gasteiger partial charge is 0.227 e. The number of nitrogens with zero attached hydrogens (tertiary/aromatic N) is 2. The van der Waals surface area contributed by atoms with Gasteiger partial charge in [0.2, 0.25) is 5.91 Å². The van der Waals surface area contributed by atoms with E-state index in [1.165, 1.54) is 25.7 Å². The van der Waals surface area contributed by atoms with E-state index in [0.717, 1.165) is 77.9 Å². The number of carbonyl (C=O) groups is 1. The number of ether oxygens (including phenoxy) is 2. The molecule has 4 aliphatic heterocycles. The molecule has 0 N–H and O–H groups in total. The number of likely N-dealkylation sites (tertiary alicyclic amines) is 2. The summed E-state index contributed by atoms with van der Waals surface area (Å²) >= 11 is 0. The molecule has 0 aromatic heterocycles. The number of rotatable bonds is 3. The number of hydrogen-bond acceptors (Lipinski definition) is 4. The summed E-state index contributed by atoms with van der Waals surface area (Å²) in [5.74, 6) is 1.37. The van der Waals surface area contributed by atoms with E-state index in [1.807, 2.05) is 0 Å². The average molecular weight is 336 g/mol. The molecule has 1 spiro atoms. The van der Waals surface area contributed by atoms with E-state index in [-0.39, 0.29) is 11.3 Å². The van der Waals surface area contributed by atoms with Crippen molar-refractivity contribution in [3.8, 4) is 0 Å². The second-order valence-corrected chi connectivity index (χ2v) is 8.31. The standard InChI is InChI=1S/C19H32N2O3/c22-18(21-7-1-2-8-21)17-14-20(13-16-3-9-23-10-4-16)15-19(17)5-11-24-12-6-19/h16-17H,1-15H2/t17-/m0/s1. The van der Waals surface area contributed by atoms with Gasteiger partial charge in [-0.25, -0.2) is 0 Å². The van der Waals surface area contributed by atoms with Crippen LogP contribution in [-0.2, 0) is 14.3 Å². The van der Waals surface area contributed by atoms with Crippen LogP contribution >= 0.6 is 0 Å². The Morgan fingerprint density at radius 2 is 1.67 bits per heavy atom. The van der Waals surface area contributed by atoms with Crippen LogP contribution in [0.15, 0.2) is 0 Å². The van der Waals surface area contributed by atoms with E-state index in [1.54, 1.807) is 0 Å². The lowest BCUT2D eigenvalue weighted by molar-refractivity contribution is -0.139. The van der Waals surface area contributed by atoms with Gasteiger partial charge >= 0.3 is 0 Å². The van der Waals surface area contributed by atoms with E-state index in [9.17, 15) is 4.79 Å². The van der Waals surface area contributed by atoms with Crippen LogP contribution in [0.1, 0.15) is 38.5 Å². The van der Waals surface area contributed by atoms with Crippen LogP contribution in [0.4, 0.5) is 0 Å². The van der Waals surface area contributed by atoms with Gasteiger partial charge in [-0.2, -0.15) is 0 Å². The maximum Gasteiger partial charge on any atom is 0.227 e. The van der Waals surface area contributed by atoms with Crippen molar-refractivity contribution in [2.45, 2.75) is 38.5 Å². The first kappa shape index (κ1) is 16.8. The van der Waals surface area contributed by atoms with Crippen LogP contribution in [-0.4, -0.2) is 74.9 Å². The third kappa shape index (κ3) is 3.35. The molecular formula is C19H32N2O3. The quantitative estimate of drug-likeness (QED) is 0.788. The highest BCUT2D eigenvalue weighted by Crippen LogP contribution is 2.45. The Bertz CT molecular complexity index is 438. The van der Waals surface area contributed by atoms with E-state index in [2.05, 4.69) is 9.80 Å². The minimum absolute atomic E-state index is 0.170. The molecule has 1 amide bonds. The molecule has 4 fully saturated rings. The van der Waals surface area contributed by atoms with Gasteiger partial charge in [0.1, 0.15) is 0 Å². The monoisotopic (exact) mass is 336 g/mol. The van der Waals surface area contributed by atoms with Crippen molar-refractivity contribution in [2.24, 2.45) is 17.3 Å². The lowest BCUT2D eigenvalue weighted by atomic mass is 9.71. The fourth-order valence-electron chi connectivity index (χ4n) is 5.29. The first-order valence-corrected chi connectivity index (χ1v) is 9.93. The zero-order chi connectivity index (χ0) is 16.4. The summed E-state index contributed by atoms with van der Waals surface area (Å²) in [5, 5.41) is 0. The fourth-order valence-corrected chi connectivity index (χ4v) is 5.29. The highest BCUT2D eigenvalue weighted by molar-refractivity contribution is 5.80. The fraction of sp³-hybridized carbons (Fsp3) is 0.947. The van der Waals surface area contributed by atoms with E-state index in [0.29, 0.717) is 5.91 Å². The topological polar surface area (TPSA) is 42.0 Å². The molecule has 1 atom stereocenters. The van der Waals surface area contributed by atoms with Gasteiger partial charge in [-0.3, -0.25) is 4.79 Å². The van der Waals surface area contributed by atoms with Crippen molar-refractivity contribution in [3.05, 3.63) is 0 Å². The van der Waals surface area contributed by atoms with Gasteiger partial charge in [-0.05, 0) is 44.4 Å². The maximum atomic E-state index is 13.2. The largest absolute Gasteiger partial charge is 0.381 e. The Kier molecular flexibility index (Phi) is 5.11. The predicted molar refractivity (Wildman–Crippen MR) is 91.8 cm³/mol. The van der Waals surface area contributed by atoms with Crippen molar-refractivity contribution < 1.29 is 14.3 Å². The van der Waals surface area contributed by atoms with Gasteiger partial charge in [0.05, 0.1) is 5.92 Å². The first-order valence-electron chi connectivity index (χ1n) is 9.93. The van der Waals surface area contributed by atoms with E-state index in [4.69, 9.17) is 9.47 Å². The minimum atomic E-state index is 0.170. The zero-order valence-electron chi connectivity index (χ0n) is 14.9. The molecule has 4 rings (SSSR count). The summed E-state index contributed by atoms with van der Waals surface area (Å²) in [6.07, 6.45) is 6.83. The van der Waals surface area contributed by atoms with Crippen LogP contribution in [0, 0.1) is 17.3 Å². The molecule has 5 nitrogen and oxygen atoms in total. The van der Waals surface area contributed by atoms with Crippen molar-refractivity contribution in [3.63, 3.8) is 0 Å². The summed E-state index contributed by atoms with van der Waals surface area (Å²) in [4.78, 5) is 17.9. The van der Waals surface area contributed by atoms with Gasteiger partial charge in [-0.1, -0.05) is 0 Å². The summed E-state index contributed by atoms with van der Waals surface area (Å²) in [6, 6.07) is 0. The lowest BCUT2D eigenvalue weighted by Crippen LogP contribution is -2.45. The van der Waals surface area contributed by atoms with Gasteiger partial charge in [0.25, 0.3) is 0 Å². The SMILES string of the molecule is O=C([C@@H]1CN(CC2CCOCC2)CC12CCOCC2)N1CCCC1. The van der Waals surface area contributed by atoms with Crippen molar-refractivity contribution >= 4 is 5.91 Å². The molecule has 4 heterocycles. The number of amides is 1. The third-order valence-electron chi connectivity index (χ3n) is 6.78. The molecule has 0 bridgehead atoms. The average Bonchev–Trinajstić information content (AvgIpc) is 3.25. The van der Waals surface area contributed by atoms with E-state index >= 15 is 0 Å². The minimum Gasteiger partial charge on any atom is -0.381 e. The summed E-state index contributed by atoms with van der Waals surface area (Å²) in [7, 11) is 0. The van der Waals surface area contributed by atoms with Crippen LogP contribution in [0.2, 0.25) is 0 Å². The third-order valence-corrected chi connectivity index (χ3v) is 6.78. The van der Waals surface area contributed by atoms with Crippen molar-refractivity contribution in [1.29, 1.82) is 0 Å². The molecule has 4 aliphatic rings. The van der Waals surface area contributed by atoms with Crippen LogP contribution in [0.25, 0.3) is 0 Å². The Morgan fingerprint density at radius 3 is 2.38 bits per heavy atom. The van der Waals surface area contributed by atoms with Crippen LogP contribution in [0.3, 0.4) is 0 Å². The lowest BCUT2D eigenvalue weighted by Gasteiger charge is -2.38. The molecule has 24 heavy (non-hydrogen) atoms. The molecule has 0 unspecified atom stereocenters. The van der Waals surface area contributed by atoms with Crippen molar-refractivity contribution in [1.82, 2.24) is 9.80 Å². The number of carbonyl (C=O) groups excluding carboxylic acids is 1. The molecule has 0 saturated carbocycles. The second-order valence-electron chi connectivity index (χ2n) is 8.31. The molecule has 0 aromatic carbocycles. The van der Waals surface area contributed by atoms with Gasteiger partial charge in [0.15, 0.2) is 0 Å². The first-order chi connectivity index (χ1) is 11.8.